The Bertz CT molecular complexity index is 409. The number of nitrogens with zero attached hydrogens (tertiary/aromatic N) is 1. The fourth-order valence-electron chi connectivity index (χ4n) is 2.57. The Morgan fingerprint density at radius 2 is 2.00 bits per heavy atom. The molecule has 1 aromatic carbocycles. The van der Waals surface area contributed by atoms with Crippen molar-refractivity contribution in [2.75, 3.05) is 19.6 Å². The van der Waals surface area contributed by atoms with E-state index in [-0.39, 0.29) is 6.10 Å². The van der Waals surface area contributed by atoms with E-state index in [0.717, 1.165) is 36.1 Å². The quantitative estimate of drug-likeness (QED) is 0.904. The van der Waals surface area contributed by atoms with Crippen LogP contribution in [0.25, 0.3) is 0 Å². The van der Waals surface area contributed by atoms with Crippen molar-refractivity contribution < 1.29 is 5.11 Å². The molecule has 0 aliphatic carbocycles. The molecule has 1 unspecified atom stereocenters. The van der Waals surface area contributed by atoms with E-state index in [9.17, 15) is 5.11 Å². The predicted molar refractivity (Wildman–Crippen MR) is 83.2 cm³/mol. The van der Waals surface area contributed by atoms with Gasteiger partial charge in [-0.2, -0.15) is 0 Å². The zero-order chi connectivity index (χ0) is 13.9. The molecule has 1 aromatic rings. The van der Waals surface area contributed by atoms with Gasteiger partial charge in [-0.05, 0) is 55.5 Å². The van der Waals surface area contributed by atoms with E-state index in [2.05, 4.69) is 34.7 Å². The number of piperidine rings is 1. The van der Waals surface area contributed by atoms with E-state index in [1.165, 1.54) is 12.8 Å². The molecule has 0 amide bonds. The third kappa shape index (κ3) is 4.59. The summed E-state index contributed by atoms with van der Waals surface area (Å²) >= 11 is 3.45. The number of rotatable bonds is 4. The zero-order valence-corrected chi connectivity index (χ0v) is 13.5. The molecule has 1 aliphatic rings. The Morgan fingerprint density at radius 1 is 1.32 bits per heavy atom. The molecule has 19 heavy (non-hydrogen) atoms. The molecule has 2 rings (SSSR count). The molecule has 1 atom stereocenters. The molecule has 0 saturated carbocycles. The van der Waals surface area contributed by atoms with Gasteiger partial charge in [0.15, 0.2) is 0 Å². The second-order valence-electron chi connectivity index (χ2n) is 6.37. The maximum Gasteiger partial charge on any atom is 0.0802 e. The van der Waals surface area contributed by atoms with Gasteiger partial charge in [0.05, 0.1) is 6.10 Å². The average Bonchev–Trinajstić information content (AvgIpc) is 2.37. The van der Waals surface area contributed by atoms with Gasteiger partial charge in [-0.25, -0.2) is 0 Å². The number of benzene rings is 1. The van der Waals surface area contributed by atoms with Crippen LogP contribution in [0, 0.1) is 5.41 Å². The average molecular weight is 326 g/mol. The molecule has 106 valence electrons. The first-order chi connectivity index (χ1) is 8.96. The fourth-order valence-corrected chi connectivity index (χ4v) is 2.98. The molecular formula is C16H24BrNO. The number of hydrogen-bond donors (Lipinski definition) is 1. The summed E-state index contributed by atoms with van der Waals surface area (Å²) in [5, 5.41) is 10.2. The van der Waals surface area contributed by atoms with Crippen LogP contribution in [0.4, 0.5) is 0 Å². The monoisotopic (exact) mass is 325 g/mol. The van der Waals surface area contributed by atoms with Crippen molar-refractivity contribution >= 4 is 15.9 Å². The van der Waals surface area contributed by atoms with E-state index >= 15 is 0 Å². The van der Waals surface area contributed by atoms with Gasteiger partial charge in [0.2, 0.25) is 0 Å². The molecule has 1 saturated heterocycles. The number of hydrogen-bond acceptors (Lipinski definition) is 2. The summed E-state index contributed by atoms with van der Waals surface area (Å²) < 4.78 is 1.03. The van der Waals surface area contributed by atoms with Gasteiger partial charge < -0.3 is 10.0 Å². The van der Waals surface area contributed by atoms with E-state index < -0.39 is 0 Å². The molecule has 1 aliphatic heterocycles. The molecule has 1 heterocycles. The van der Waals surface area contributed by atoms with Gasteiger partial charge in [0, 0.05) is 11.0 Å². The second kappa shape index (κ2) is 6.38. The molecule has 0 bridgehead atoms. The smallest absolute Gasteiger partial charge is 0.0802 e. The summed E-state index contributed by atoms with van der Waals surface area (Å²) in [6, 6.07) is 7.97. The summed E-state index contributed by atoms with van der Waals surface area (Å²) in [6.45, 7) is 8.02. The Kier molecular flexibility index (Phi) is 5.04. The second-order valence-corrected chi connectivity index (χ2v) is 7.28. The van der Waals surface area contributed by atoms with Crippen LogP contribution in [-0.4, -0.2) is 29.6 Å². The zero-order valence-electron chi connectivity index (χ0n) is 11.9. The topological polar surface area (TPSA) is 23.5 Å². The molecule has 1 fully saturated rings. The van der Waals surface area contributed by atoms with Gasteiger partial charge >= 0.3 is 0 Å². The van der Waals surface area contributed by atoms with Crippen LogP contribution in [0.5, 0.6) is 0 Å². The molecule has 3 heteroatoms. The summed E-state index contributed by atoms with van der Waals surface area (Å²) in [5.74, 6) is 0. The molecule has 2 nitrogen and oxygen atoms in total. The summed E-state index contributed by atoms with van der Waals surface area (Å²) in [6.07, 6.45) is 2.99. The van der Waals surface area contributed by atoms with Crippen molar-refractivity contribution in [3.63, 3.8) is 0 Å². The fraction of sp³-hybridized carbons (Fsp3) is 0.625. The number of aliphatic hydroxyl groups excluding tert-OH is 1. The van der Waals surface area contributed by atoms with Crippen molar-refractivity contribution in [3.8, 4) is 0 Å². The minimum absolute atomic E-state index is 0.354. The molecule has 1 N–H and O–H groups in total. The highest BCUT2D eigenvalue weighted by Crippen LogP contribution is 2.30. The Morgan fingerprint density at radius 3 is 2.63 bits per heavy atom. The van der Waals surface area contributed by atoms with Crippen LogP contribution in [-0.2, 0) is 0 Å². The maximum absolute atomic E-state index is 10.2. The van der Waals surface area contributed by atoms with Gasteiger partial charge in [-0.1, -0.05) is 41.9 Å². The van der Waals surface area contributed by atoms with E-state index in [1.807, 2.05) is 24.3 Å². The first kappa shape index (κ1) is 15.0. The van der Waals surface area contributed by atoms with Gasteiger partial charge in [0.25, 0.3) is 0 Å². The summed E-state index contributed by atoms with van der Waals surface area (Å²) in [4.78, 5) is 2.48. The standard InChI is InChI=1S/C16H24BrNO/c1-16(2)7-10-18(11-8-16)9-6-15(19)13-4-3-5-14(17)12-13/h3-5,12,15,19H,6-11H2,1-2H3. The molecular weight excluding hydrogens is 302 g/mol. The minimum atomic E-state index is -0.354. The molecule has 0 radical (unpaired) electrons. The molecule has 0 spiro atoms. The highest BCUT2D eigenvalue weighted by molar-refractivity contribution is 9.10. The van der Waals surface area contributed by atoms with Crippen LogP contribution in [0.15, 0.2) is 28.7 Å². The predicted octanol–water partition coefficient (Wildman–Crippen LogP) is 3.99. The highest BCUT2D eigenvalue weighted by atomic mass is 79.9. The first-order valence-electron chi connectivity index (χ1n) is 7.12. The SMILES string of the molecule is CC1(C)CCN(CCC(O)c2cccc(Br)c2)CC1. The van der Waals surface area contributed by atoms with Crippen LogP contribution in [0.2, 0.25) is 0 Å². The van der Waals surface area contributed by atoms with Gasteiger partial charge in [0.1, 0.15) is 0 Å². The Balaban J connectivity index is 1.80. The van der Waals surface area contributed by atoms with Gasteiger partial charge in [-0.15, -0.1) is 0 Å². The Hall–Kier alpha value is -0.380. The normalized spacial score (nSPS) is 21.3. The Labute approximate surface area is 124 Å². The lowest BCUT2D eigenvalue weighted by molar-refractivity contribution is 0.101. The van der Waals surface area contributed by atoms with Crippen LogP contribution in [0.3, 0.4) is 0 Å². The largest absolute Gasteiger partial charge is 0.388 e. The van der Waals surface area contributed by atoms with E-state index in [0.29, 0.717) is 5.41 Å². The maximum atomic E-state index is 10.2. The number of aliphatic hydroxyl groups is 1. The third-order valence-corrected chi connectivity index (χ3v) is 4.66. The van der Waals surface area contributed by atoms with Crippen molar-refractivity contribution in [1.82, 2.24) is 4.90 Å². The molecule has 0 aromatic heterocycles. The first-order valence-corrected chi connectivity index (χ1v) is 7.91. The summed E-state index contributed by atoms with van der Waals surface area (Å²) in [7, 11) is 0. The van der Waals surface area contributed by atoms with Crippen LogP contribution >= 0.6 is 15.9 Å². The van der Waals surface area contributed by atoms with E-state index in [1.54, 1.807) is 0 Å². The van der Waals surface area contributed by atoms with Crippen molar-refractivity contribution in [3.05, 3.63) is 34.3 Å². The summed E-state index contributed by atoms with van der Waals surface area (Å²) in [5.41, 5.74) is 1.51. The van der Waals surface area contributed by atoms with Crippen molar-refractivity contribution in [1.29, 1.82) is 0 Å². The lowest BCUT2D eigenvalue weighted by atomic mass is 9.82. The number of halogens is 1. The minimum Gasteiger partial charge on any atom is -0.388 e. The highest BCUT2D eigenvalue weighted by Gasteiger charge is 2.25. The lowest BCUT2D eigenvalue weighted by Gasteiger charge is -2.37. The van der Waals surface area contributed by atoms with Crippen LogP contribution < -0.4 is 0 Å². The van der Waals surface area contributed by atoms with Crippen molar-refractivity contribution in [2.24, 2.45) is 5.41 Å². The third-order valence-electron chi connectivity index (χ3n) is 4.16. The lowest BCUT2D eigenvalue weighted by Crippen LogP contribution is -2.38. The van der Waals surface area contributed by atoms with Crippen LogP contribution in [0.1, 0.15) is 44.8 Å². The van der Waals surface area contributed by atoms with Gasteiger partial charge in [-0.3, -0.25) is 0 Å². The van der Waals surface area contributed by atoms with Crippen molar-refractivity contribution in [2.45, 2.75) is 39.2 Å². The van der Waals surface area contributed by atoms with E-state index in [4.69, 9.17) is 0 Å². The number of likely N-dealkylation sites (tertiary alicyclic amines) is 1.